The largest absolute Gasteiger partial charge is 0.380 e. The first-order valence-electron chi connectivity index (χ1n) is 4.95. The normalized spacial score (nSPS) is 12.0. The van der Waals surface area contributed by atoms with Crippen LogP contribution >= 0.6 is 0 Å². The number of hydrogen-bond acceptors (Lipinski definition) is 2. The summed E-state index contributed by atoms with van der Waals surface area (Å²) in [5.41, 5.74) is 0.259. The summed E-state index contributed by atoms with van der Waals surface area (Å²) in [4.78, 5) is 0. The van der Waals surface area contributed by atoms with Crippen LogP contribution in [-0.2, 0) is 4.74 Å². The molecular weight excluding hydrogens is 150 g/mol. The molecule has 0 aromatic carbocycles. The van der Waals surface area contributed by atoms with Gasteiger partial charge in [-0.1, -0.05) is 13.8 Å². The van der Waals surface area contributed by atoms with Gasteiger partial charge in [0.15, 0.2) is 0 Å². The quantitative estimate of drug-likeness (QED) is 0.596. The van der Waals surface area contributed by atoms with Gasteiger partial charge in [0.2, 0.25) is 0 Å². The van der Waals surface area contributed by atoms with Crippen LogP contribution in [0.4, 0.5) is 0 Å². The summed E-state index contributed by atoms with van der Waals surface area (Å²) in [5, 5.41) is 3.44. The molecule has 0 bridgehead atoms. The van der Waals surface area contributed by atoms with Crippen LogP contribution in [0.3, 0.4) is 0 Å². The predicted octanol–water partition coefficient (Wildman–Crippen LogP) is 2.19. The Morgan fingerprint density at radius 1 is 1.17 bits per heavy atom. The van der Waals surface area contributed by atoms with Gasteiger partial charge in [-0.05, 0) is 26.7 Å². The first-order valence-corrected chi connectivity index (χ1v) is 4.95. The molecule has 0 saturated heterocycles. The Morgan fingerprint density at radius 2 is 1.83 bits per heavy atom. The van der Waals surface area contributed by atoms with Crippen molar-refractivity contribution < 1.29 is 4.74 Å². The third-order valence-electron chi connectivity index (χ3n) is 2.08. The first kappa shape index (κ1) is 11.9. The summed E-state index contributed by atoms with van der Waals surface area (Å²) in [6.45, 7) is 11.4. The van der Waals surface area contributed by atoms with Crippen molar-refractivity contribution in [3.63, 3.8) is 0 Å². The lowest BCUT2D eigenvalue weighted by atomic mass is 10.0. The standard InChI is InChI=1S/C10H23NO/c1-5-8-12-9-7-11-10(3,4)6-2/h11H,5-9H2,1-4H3. The Balaban J connectivity index is 3.19. The highest BCUT2D eigenvalue weighted by molar-refractivity contribution is 4.74. The molecule has 0 saturated carbocycles. The summed E-state index contributed by atoms with van der Waals surface area (Å²) in [7, 11) is 0. The molecule has 2 nitrogen and oxygen atoms in total. The van der Waals surface area contributed by atoms with E-state index in [9.17, 15) is 0 Å². The van der Waals surface area contributed by atoms with E-state index in [1.807, 2.05) is 0 Å². The Kier molecular flexibility index (Phi) is 6.39. The fourth-order valence-electron chi connectivity index (χ4n) is 0.833. The average Bonchev–Trinajstić information content (AvgIpc) is 2.04. The molecule has 0 aromatic heterocycles. The minimum atomic E-state index is 0.259. The minimum Gasteiger partial charge on any atom is -0.380 e. The van der Waals surface area contributed by atoms with Gasteiger partial charge < -0.3 is 10.1 Å². The summed E-state index contributed by atoms with van der Waals surface area (Å²) < 4.78 is 5.36. The second kappa shape index (κ2) is 6.44. The van der Waals surface area contributed by atoms with E-state index in [0.29, 0.717) is 0 Å². The maximum atomic E-state index is 5.36. The van der Waals surface area contributed by atoms with Gasteiger partial charge in [0, 0.05) is 18.7 Å². The lowest BCUT2D eigenvalue weighted by molar-refractivity contribution is 0.130. The van der Waals surface area contributed by atoms with Crippen LogP contribution in [0.25, 0.3) is 0 Å². The summed E-state index contributed by atoms with van der Waals surface area (Å²) in [6.07, 6.45) is 2.26. The van der Waals surface area contributed by atoms with Crippen molar-refractivity contribution in [3.8, 4) is 0 Å². The molecule has 0 rings (SSSR count). The van der Waals surface area contributed by atoms with E-state index in [4.69, 9.17) is 4.74 Å². The first-order chi connectivity index (χ1) is 5.62. The van der Waals surface area contributed by atoms with Crippen molar-refractivity contribution in [2.45, 2.75) is 46.1 Å². The van der Waals surface area contributed by atoms with Crippen molar-refractivity contribution in [3.05, 3.63) is 0 Å². The summed E-state index contributed by atoms with van der Waals surface area (Å²) >= 11 is 0. The topological polar surface area (TPSA) is 21.3 Å². The van der Waals surface area contributed by atoms with E-state index in [1.54, 1.807) is 0 Å². The summed E-state index contributed by atoms with van der Waals surface area (Å²) in [6, 6.07) is 0. The zero-order chi connectivity index (χ0) is 9.45. The fraction of sp³-hybridized carbons (Fsp3) is 1.00. The maximum absolute atomic E-state index is 5.36. The molecule has 74 valence electrons. The second-order valence-corrected chi connectivity index (χ2v) is 3.78. The lowest BCUT2D eigenvalue weighted by Gasteiger charge is -2.24. The highest BCUT2D eigenvalue weighted by atomic mass is 16.5. The molecule has 0 fully saturated rings. The highest BCUT2D eigenvalue weighted by Gasteiger charge is 2.12. The smallest absolute Gasteiger partial charge is 0.0591 e. The van der Waals surface area contributed by atoms with Gasteiger partial charge in [0.05, 0.1) is 6.61 Å². The van der Waals surface area contributed by atoms with Gasteiger partial charge >= 0.3 is 0 Å². The van der Waals surface area contributed by atoms with Crippen LogP contribution in [0, 0.1) is 0 Å². The van der Waals surface area contributed by atoms with Crippen LogP contribution in [-0.4, -0.2) is 25.3 Å². The Morgan fingerprint density at radius 3 is 2.33 bits per heavy atom. The molecule has 0 aliphatic rings. The van der Waals surface area contributed by atoms with E-state index in [1.165, 1.54) is 0 Å². The van der Waals surface area contributed by atoms with Crippen molar-refractivity contribution in [2.24, 2.45) is 0 Å². The van der Waals surface area contributed by atoms with Gasteiger partial charge in [-0.3, -0.25) is 0 Å². The maximum Gasteiger partial charge on any atom is 0.0591 e. The monoisotopic (exact) mass is 173 g/mol. The lowest BCUT2D eigenvalue weighted by Crippen LogP contribution is -2.40. The molecule has 0 aliphatic heterocycles. The van der Waals surface area contributed by atoms with Crippen molar-refractivity contribution >= 4 is 0 Å². The molecule has 0 amide bonds. The molecule has 0 aliphatic carbocycles. The number of nitrogens with one attached hydrogen (secondary N) is 1. The minimum absolute atomic E-state index is 0.259. The Labute approximate surface area is 76.7 Å². The molecule has 12 heavy (non-hydrogen) atoms. The van der Waals surface area contributed by atoms with Crippen LogP contribution in [0.5, 0.6) is 0 Å². The molecule has 0 spiro atoms. The van der Waals surface area contributed by atoms with Crippen LogP contribution in [0.15, 0.2) is 0 Å². The van der Waals surface area contributed by atoms with Gasteiger partial charge in [-0.2, -0.15) is 0 Å². The SMILES string of the molecule is CCCOCCNC(C)(C)CC. The molecule has 0 radical (unpaired) electrons. The van der Waals surface area contributed by atoms with Crippen LogP contribution < -0.4 is 5.32 Å². The fourth-order valence-corrected chi connectivity index (χ4v) is 0.833. The number of hydrogen-bond donors (Lipinski definition) is 1. The molecule has 2 heteroatoms. The highest BCUT2D eigenvalue weighted by Crippen LogP contribution is 2.05. The third-order valence-corrected chi connectivity index (χ3v) is 2.08. The number of ether oxygens (including phenoxy) is 1. The average molecular weight is 173 g/mol. The Bertz CT molecular complexity index is 102. The van der Waals surface area contributed by atoms with Crippen LogP contribution in [0.1, 0.15) is 40.5 Å². The molecule has 0 unspecified atom stereocenters. The Hall–Kier alpha value is -0.0800. The zero-order valence-electron chi connectivity index (χ0n) is 8.94. The second-order valence-electron chi connectivity index (χ2n) is 3.78. The van der Waals surface area contributed by atoms with Crippen LogP contribution in [0.2, 0.25) is 0 Å². The molecule has 1 N–H and O–H groups in total. The summed E-state index contributed by atoms with van der Waals surface area (Å²) in [5.74, 6) is 0. The van der Waals surface area contributed by atoms with E-state index in [2.05, 4.69) is 33.0 Å². The number of rotatable bonds is 7. The van der Waals surface area contributed by atoms with Crippen molar-refractivity contribution in [1.29, 1.82) is 0 Å². The third kappa shape index (κ3) is 6.62. The zero-order valence-corrected chi connectivity index (χ0v) is 8.94. The van der Waals surface area contributed by atoms with Gasteiger partial charge in [-0.25, -0.2) is 0 Å². The van der Waals surface area contributed by atoms with Crippen molar-refractivity contribution in [2.75, 3.05) is 19.8 Å². The van der Waals surface area contributed by atoms with Gasteiger partial charge in [-0.15, -0.1) is 0 Å². The van der Waals surface area contributed by atoms with Gasteiger partial charge in [0.25, 0.3) is 0 Å². The van der Waals surface area contributed by atoms with E-state index >= 15 is 0 Å². The van der Waals surface area contributed by atoms with E-state index in [-0.39, 0.29) is 5.54 Å². The predicted molar refractivity (Wildman–Crippen MR) is 53.5 cm³/mol. The van der Waals surface area contributed by atoms with E-state index < -0.39 is 0 Å². The van der Waals surface area contributed by atoms with Gasteiger partial charge in [0.1, 0.15) is 0 Å². The van der Waals surface area contributed by atoms with Crippen molar-refractivity contribution in [1.82, 2.24) is 5.32 Å². The molecule has 0 heterocycles. The molecular formula is C10H23NO. The molecule has 0 atom stereocenters. The molecule has 0 aromatic rings. The van der Waals surface area contributed by atoms with E-state index in [0.717, 1.165) is 32.6 Å².